The summed E-state index contributed by atoms with van der Waals surface area (Å²) in [6, 6.07) is 0.294. The van der Waals surface area contributed by atoms with Gasteiger partial charge in [0.05, 0.1) is 10.4 Å². The lowest BCUT2D eigenvalue weighted by atomic mass is 9.95. The van der Waals surface area contributed by atoms with E-state index < -0.39 is 0 Å². The Morgan fingerprint density at radius 3 is 2.80 bits per heavy atom. The first-order chi connectivity index (χ1) is 9.66. The van der Waals surface area contributed by atoms with Crippen LogP contribution in [-0.2, 0) is 0 Å². The van der Waals surface area contributed by atoms with Gasteiger partial charge in [-0.15, -0.1) is 11.3 Å². The molecule has 1 saturated carbocycles. The zero-order valence-electron chi connectivity index (χ0n) is 11.0. The molecule has 3 N–H and O–H groups in total. The summed E-state index contributed by atoms with van der Waals surface area (Å²) in [7, 11) is 0. The third-order valence-electron chi connectivity index (χ3n) is 3.74. The van der Waals surface area contributed by atoms with Crippen molar-refractivity contribution >= 4 is 48.9 Å². The Bertz CT molecular complexity index is 649. The Kier molecular flexibility index (Phi) is 3.94. The third kappa shape index (κ3) is 2.54. The van der Waals surface area contributed by atoms with Crippen LogP contribution in [0.15, 0.2) is 16.9 Å². The van der Waals surface area contributed by atoms with Gasteiger partial charge >= 0.3 is 0 Å². The largest absolute Gasteiger partial charge is 0.397 e. The molecule has 0 aliphatic heterocycles. The van der Waals surface area contributed by atoms with E-state index in [-0.39, 0.29) is 5.91 Å². The molecule has 106 valence electrons. The van der Waals surface area contributed by atoms with Crippen LogP contribution in [0.25, 0.3) is 10.1 Å². The number of hydrogen-bond donors (Lipinski definition) is 2. The van der Waals surface area contributed by atoms with Gasteiger partial charge in [0.2, 0.25) is 0 Å². The number of carbonyl (C=O) groups excluding carboxylic acids is 1. The van der Waals surface area contributed by atoms with Crippen LogP contribution in [0.1, 0.15) is 41.8 Å². The van der Waals surface area contributed by atoms with Gasteiger partial charge in [0.25, 0.3) is 5.91 Å². The zero-order chi connectivity index (χ0) is 14.1. The van der Waals surface area contributed by atoms with Crippen molar-refractivity contribution in [3.8, 4) is 0 Å². The number of anilines is 1. The summed E-state index contributed by atoms with van der Waals surface area (Å²) in [6.07, 6.45) is 9.26. The summed E-state index contributed by atoms with van der Waals surface area (Å²) in [5.74, 6) is -0.0532. The number of hydrogen-bond acceptors (Lipinski definition) is 4. The average Bonchev–Trinajstić information content (AvgIpc) is 2.79. The van der Waals surface area contributed by atoms with Crippen molar-refractivity contribution in [2.24, 2.45) is 0 Å². The molecule has 1 aliphatic carbocycles. The standard InChI is InChI=1S/C14H16BrN3OS/c15-9-6-17-7-10-11(9)12(16)13(20-10)14(19)18-8-4-2-1-3-5-8/h6-8H,1-5,16H2,(H,18,19). The van der Waals surface area contributed by atoms with Gasteiger partial charge in [-0.2, -0.15) is 0 Å². The fraction of sp³-hybridized carbons (Fsp3) is 0.429. The number of thiophene rings is 1. The number of rotatable bonds is 2. The minimum absolute atomic E-state index is 0.0532. The SMILES string of the molecule is Nc1c(C(=O)NC2CCCCC2)sc2cncc(Br)c12. The summed E-state index contributed by atoms with van der Waals surface area (Å²) in [4.78, 5) is 17.1. The molecule has 0 unspecified atom stereocenters. The lowest BCUT2D eigenvalue weighted by Gasteiger charge is -2.22. The van der Waals surface area contributed by atoms with Gasteiger partial charge in [-0.05, 0) is 28.8 Å². The van der Waals surface area contributed by atoms with Crippen LogP contribution in [0.5, 0.6) is 0 Å². The molecular weight excluding hydrogens is 338 g/mol. The molecule has 3 rings (SSSR count). The van der Waals surface area contributed by atoms with Gasteiger partial charge in [-0.25, -0.2) is 0 Å². The first-order valence-electron chi connectivity index (χ1n) is 6.79. The van der Waals surface area contributed by atoms with Crippen molar-refractivity contribution in [1.82, 2.24) is 10.3 Å². The number of pyridine rings is 1. The van der Waals surface area contributed by atoms with Gasteiger partial charge < -0.3 is 11.1 Å². The molecule has 0 radical (unpaired) electrons. The van der Waals surface area contributed by atoms with E-state index in [0.717, 1.165) is 27.4 Å². The molecule has 0 bridgehead atoms. The first kappa shape index (κ1) is 13.8. The van der Waals surface area contributed by atoms with Crippen molar-refractivity contribution in [1.29, 1.82) is 0 Å². The van der Waals surface area contributed by atoms with Crippen LogP contribution in [0, 0.1) is 0 Å². The van der Waals surface area contributed by atoms with Crippen molar-refractivity contribution < 1.29 is 4.79 Å². The van der Waals surface area contributed by atoms with E-state index >= 15 is 0 Å². The quantitative estimate of drug-likeness (QED) is 0.864. The maximum absolute atomic E-state index is 12.4. The van der Waals surface area contributed by atoms with Crippen LogP contribution < -0.4 is 11.1 Å². The highest BCUT2D eigenvalue weighted by molar-refractivity contribution is 9.10. The Balaban J connectivity index is 1.87. The van der Waals surface area contributed by atoms with E-state index in [4.69, 9.17) is 5.73 Å². The van der Waals surface area contributed by atoms with Gasteiger partial charge in [0, 0.05) is 28.3 Å². The second-order valence-electron chi connectivity index (χ2n) is 5.15. The van der Waals surface area contributed by atoms with Crippen molar-refractivity contribution in [3.63, 3.8) is 0 Å². The number of nitrogens with one attached hydrogen (secondary N) is 1. The normalized spacial score (nSPS) is 16.4. The molecule has 1 amide bonds. The number of nitrogens with zero attached hydrogens (tertiary/aromatic N) is 1. The molecular formula is C14H16BrN3OS. The second-order valence-corrected chi connectivity index (χ2v) is 7.05. The number of aromatic nitrogens is 1. The lowest BCUT2D eigenvalue weighted by Crippen LogP contribution is -2.36. The van der Waals surface area contributed by atoms with Crippen LogP contribution >= 0.6 is 27.3 Å². The Labute approximate surface area is 129 Å². The van der Waals surface area contributed by atoms with Gasteiger partial charge in [0.1, 0.15) is 4.88 Å². The Morgan fingerprint density at radius 1 is 1.35 bits per heavy atom. The molecule has 2 heterocycles. The van der Waals surface area contributed by atoms with E-state index in [1.807, 2.05) is 0 Å². The maximum atomic E-state index is 12.4. The van der Waals surface area contributed by atoms with Crippen LogP contribution in [0.2, 0.25) is 0 Å². The maximum Gasteiger partial charge on any atom is 0.263 e. The number of nitrogen functional groups attached to an aromatic ring is 1. The average molecular weight is 354 g/mol. The monoisotopic (exact) mass is 353 g/mol. The highest BCUT2D eigenvalue weighted by atomic mass is 79.9. The van der Waals surface area contributed by atoms with E-state index in [1.54, 1.807) is 12.4 Å². The first-order valence-corrected chi connectivity index (χ1v) is 8.40. The third-order valence-corrected chi connectivity index (χ3v) is 5.48. The van der Waals surface area contributed by atoms with Crippen LogP contribution in [0.4, 0.5) is 5.69 Å². The van der Waals surface area contributed by atoms with E-state index in [1.165, 1.54) is 30.6 Å². The zero-order valence-corrected chi connectivity index (χ0v) is 13.4. The Morgan fingerprint density at radius 2 is 2.10 bits per heavy atom. The summed E-state index contributed by atoms with van der Waals surface area (Å²) >= 11 is 4.85. The number of halogens is 1. The molecule has 1 fully saturated rings. The molecule has 1 aliphatic rings. The van der Waals surface area contributed by atoms with Crippen molar-refractivity contribution in [2.75, 3.05) is 5.73 Å². The highest BCUT2D eigenvalue weighted by Gasteiger charge is 2.21. The van der Waals surface area contributed by atoms with Crippen molar-refractivity contribution in [3.05, 3.63) is 21.7 Å². The van der Waals surface area contributed by atoms with Crippen LogP contribution in [0.3, 0.4) is 0 Å². The number of fused-ring (bicyclic) bond motifs is 1. The van der Waals surface area contributed by atoms with E-state index in [9.17, 15) is 4.79 Å². The smallest absolute Gasteiger partial charge is 0.263 e. The van der Waals surface area contributed by atoms with E-state index in [2.05, 4.69) is 26.2 Å². The molecule has 0 spiro atoms. The Hall–Kier alpha value is -1.14. The minimum Gasteiger partial charge on any atom is -0.397 e. The van der Waals surface area contributed by atoms with Gasteiger partial charge in [-0.3, -0.25) is 9.78 Å². The molecule has 2 aromatic heterocycles. The second kappa shape index (κ2) is 5.69. The van der Waals surface area contributed by atoms with Gasteiger partial charge in [0.15, 0.2) is 0 Å². The fourth-order valence-electron chi connectivity index (χ4n) is 2.70. The number of nitrogens with two attached hydrogens (primary N) is 1. The summed E-state index contributed by atoms with van der Waals surface area (Å²) in [5, 5.41) is 4.00. The van der Waals surface area contributed by atoms with E-state index in [0.29, 0.717) is 16.6 Å². The predicted octanol–water partition coefficient (Wildman–Crippen LogP) is 3.70. The molecule has 0 aromatic carbocycles. The molecule has 0 saturated heterocycles. The molecule has 4 nitrogen and oxygen atoms in total. The molecule has 0 atom stereocenters. The molecule has 20 heavy (non-hydrogen) atoms. The predicted molar refractivity (Wildman–Crippen MR) is 86.1 cm³/mol. The summed E-state index contributed by atoms with van der Waals surface area (Å²) < 4.78 is 1.77. The summed E-state index contributed by atoms with van der Waals surface area (Å²) in [5.41, 5.74) is 6.69. The van der Waals surface area contributed by atoms with Crippen LogP contribution in [-0.4, -0.2) is 16.9 Å². The minimum atomic E-state index is -0.0532. The molecule has 2 aromatic rings. The number of carbonyl (C=O) groups is 1. The van der Waals surface area contributed by atoms with Crippen molar-refractivity contribution in [2.45, 2.75) is 38.1 Å². The summed E-state index contributed by atoms with van der Waals surface area (Å²) in [6.45, 7) is 0. The lowest BCUT2D eigenvalue weighted by molar-refractivity contribution is 0.0933. The topological polar surface area (TPSA) is 68.0 Å². The fourth-order valence-corrected chi connectivity index (χ4v) is 4.40. The van der Waals surface area contributed by atoms with Gasteiger partial charge in [-0.1, -0.05) is 19.3 Å². The number of amides is 1. The molecule has 6 heteroatoms. The highest BCUT2D eigenvalue weighted by Crippen LogP contribution is 2.37.